The third kappa shape index (κ3) is 4.69. The molecule has 0 aromatic heterocycles. The van der Waals surface area contributed by atoms with E-state index in [1.807, 2.05) is 0 Å². The molecule has 0 radical (unpaired) electrons. The molecule has 2 aromatic carbocycles. The Labute approximate surface area is 170 Å². The third-order valence-corrected chi connectivity index (χ3v) is 4.51. The second-order valence-electron chi connectivity index (χ2n) is 6.58. The molecule has 0 amide bonds. The van der Waals surface area contributed by atoms with Gasteiger partial charge in [0.15, 0.2) is 0 Å². The first-order valence-electron chi connectivity index (χ1n) is 8.92. The molecule has 1 fully saturated rings. The molecule has 1 aliphatic heterocycles. The number of carbonyl (C=O) groups excluding carboxylic acids is 1. The Hall–Kier alpha value is -3.18. The van der Waals surface area contributed by atoms with E-state index in [1.54, 1.807) is 18.2 Å². The van der Waals surface area contributed by atoms with Gasteiger partial charge in [-0.3, -0.25) is 0 Å². The number of ether oxygens (including phenoxy) is 3. The van der Waals surface area contributed by atoms with E-state index in [4.69, 9.17) is 19.3 Å². The summed E-state index contributed by atoms with van der Waals surface area (Å²) in [6.45, 7) is -0.436. The van der Waals surface area contributed by atoms with Gasteiger partial charge in [0, 0.05) is 0 Å². The van der Waals surface area contributed by atoms with Gasteiger partial charge in [-0.05, 0) is 30.3 Å². The van der Waals surface area contributed by atoms with Crippen molar-refractivity contribution in [3.05, 3.63) is 59.7 Å². The molecule has 0 aliphatic carbocycles. The summed E-state index contributed by atoms with van der Waals surface area (Å²) >= 11 is 0. The van der Waals surface area contributed by atoms with Crippen LogP contribution in [0.2, 0.25) is 0 Å². The monoisotopic (exact) mass is 420 g/mol. The summed E-state index contributed by atoms with van der Waals surface area (Å²) in [6, 6.07) is 11.4. The zero-order valence-corrected chi connectivity index (χ0v) is 15.5. The SMILES string of the molecule is O=C(OCC1OC(Oc2ccc(O)c(C(=O)O)c2)C(O)C(O)C1O)c1ccccc1. The molecular formula is C20H20O10. The minimum Gasteiger partial charge on any atom is -0.507 e. The largest absolute Gasteiger partial charge is 0.507 e. The van der Waals surface area contributed by atoms with Crippen molar-refractivity contribution in [3.63, 3.8) is 0 Å². The summed E-state index contributed by atoms with van der Waals surface area (Å²) in [5.74, 6) is -2.63. The first kappa shape index (κ1) is 21.5. The number of hydrogen-bond donors (Lipinski definition) is 5. The molecule has 1 saturated heterocycles. The second kappa shape index (κ2) is 9.09. The molecule has 10 heteroatoms. The quantitative estimate of drug-likeness (QED) is 0.406. The minimum atomic E-state index is -1.68. The van der Waals surface area contributed by atoms with Crippen LogP contribution in [-0.4, -0.2) is 74.8 Å². The van der Waals surface area contributed by atoms with E-state index in [1.165, 1.54) is 18.2 Å². The highest BCUT2D eigenvalue weighted by Gasteiger charge is 2.45. The van der Waals surface area contributed by atoms with Gasteiger partial charge >= 0.3 is 11.9 Å². The zero-order chi connectivity index (χ0) is 21.8. The molecule has 5 atom stereocenters. The van der Waals surface area contributed by atoms with Crippen LogP contribution in [0.5, 0.6) is 11.5 Å². The Bertz CT molecular complexity index is 900. The predicted molar refractivity (Wildman–Crippen MR) is 99.1 cm³/mol. The summed E-state index contributed by atoms with van der Waals surface area (Å²) in [5, 5.41) is 49.0. The number of carbonyl (C=O) groups is 2. The van der Waals surface area contributed by atoms with Crippen molar-refractivity contribution in [2.24, 2.45) is 0 Å². The fourth-order valence-electron chi connectivity index (χ4n) is 2.86. The van der Waals surface area contributed by atoms with Crippen molar-refractivity contribution in [1.82, 2.24) is 0 Å². The maximum atomic E-state index is 12.1. The number of aromatic hydroxyl groups is 1. The number of rotatable bonds is 6. The van der Waals surface area contributed by atoms with Crippen LogP contribution >= 0.6 is 0 Å². The molecule has 160 valence electrons. The summed E-state index contributed by atoms with van der Waals surface area (Å²) in [5.41, 5.74) is -0.159. The number of aliphatic hydroxyl groups is 3. The van der Waals surface area contributed by atoms with Gasteiger partial charge in [0.05, 0.1) is 5.56 Å². The van der Waals surface area contributed by atoms with Crippen LogP contribution in [0.1, 0.15) is 20.7 Å². The van der Waals surface area contributed by atoms with E-state index in [-0.39, 0.29) is 11.3 Å². The predicted octanol–water partition coefficient (Wildman–Crippen LogP) is 0.134. The van der Waals surface area contributed by atoms with Crippen LogP contribution in [-0.2, 0) is 9.47 Å². The molecule has 10 nitrogen and oxygen atoms in total. The lowest BCUT2D eigenvalue weighted by Crippen LogP contribution is -2.60. The number of aliphatic hydroxyl groups excluding tert-OH is 3. The molecule has 5 N–H and O–H groups in total. The van der Waals surface area contributed by atoms with Gasteiger partial charge in [-0.15, -0.1) is 0 Å². The van der Waals surface area contributed by atoms with Gasteiger partial charge in [-0.25, -0.2) is 9.59 Å². The first-order chi connectivity index (χ1) is 14.3. The van der Waals surface area contributed by atoms with Gasteiger partial charge in [0.25, 0.3) is 0 Å². The highest BCUT2D eigenvalue weighted by atomic mass is 16.7. The smallest absolute Gasteiger partial charge is 0.339 e. The number of hydrogen-bond acceptors (Lipinski definition) is 9. The maximum absolute atomic E-state index is 12.1. The number of carboxylic acid groups (broad SMARTS) is 1. The second-order valence-corrected chi connectivity index (χ2v) is 6.58. The molecular weight excluding hydrogens is 400 g/mol. The van der Waals surface area contributed by atoms with Crippen molar-refractivity contribution < 1.29 is 49.3 Å². The highest BCUT2D eigenvalue weighted by molar-refractivity contribution is 5.91. The molecule has 0 bridgehead atoms. The van der Waals surface area contributed by atoms with E-state index in [0.717, 1.165) is 12.1 Å². The van der Waals surface area contributed by atoms with E-state index in [9.17, 15) is 30.0 Å². The average molecular weight is 420 g/mol. The van der Waals surface area contributed by atoms with E-state index >= 15 is 0 Å². The van der Waals surface area contributed by atoms with Crippen molar-refractivity contribution in [2.45, 2.75) is 30.7 Å². The summed E-state index contributed by atoms with van der Waals surface area (Å²) in [6.07, 6.45) is -7.66. The number of carboxylic acids is 1. The fraction of sp³-hybridized carbons (Fsp3) is 0.300. The van der Waals surface area contributed by atoms with E-state index < -0.39 is 60.6 Å². The maximum Gasteiger partial charge on any atom is 0.339 e. The van der Waals surface area contributed by atoms with E-state index in [2.05, 4.69) is 0 Å². The molecule has 30 heavy (non-hydrogen) atoms. The lowest BCUT2D eigenvalue weighted by atomic mass is 9.99. The van der Waals surface area contributed by atoms with Crippen LogP contribution in [0.25, 0.3) is 0 Å². The molecule has 3 rings (SSSR count). The van der Waals surface area contributed by atoms with Gasteiger partial charge in [0.1, 0.15) is 48.1 Å². The lowest BCUT2D eigenvalue weighted by molar-refractivity contribution is -0.277. The standard InChI is InChI=1S/C20H20O10/c21-13-7-6-11(8-12(13)18(25)26)29-20-17(24)16(23)15(22)14(30-20)9-28-19(27)10-4-2-1-3-5-10/h1-8,14-17,20-24H,9H2,(H,25,26). The van der Waals surface area contributed by atoms with Crippen molar-refractivity contribution in [1.29, 1.82) is 0 Å². The normalized spacial score (nSPS) is 26.0. The van der Waals surface area contributed by atoms with Gasteiger partial charge < -0.3 is 39.7 Å². The molecule has 2 aromatic rings. The van der Waals surface area contributed by atoms with Gasteiger partial charge in [0.2, 0.25) is 6.29 Å². The number of phenols is 1. The Morgan fingerprint density at radius 3 is 2.33 bits per heavy atom. The Morgan fingerprint density at radius 1 is 0.967 bits per heavy atom. The number of aromatic carboxylic acids is 1. The zero-order valence-electron chi connectivity index (χ0n) is 15.5. The van der Waals surface area contributed by atoms with Crippen molar-refractivity contribution >= 4 is 11.9 Å². The molecule has 1 heterocycles. The average Bonchev–Trinajstić information content (AvgIpc) is 2.74. The Kier molecular flexibility index (Phi) is 6.53. The molecule has 5 unspecified atom stereocenters. The summed E-state index contributed by atoms with van der Waals surface area (Å²) in [7, 11) is 0. The van der Waals surface area contributed by atoms with Crippen LogP contribution in [0.15, 0.2) is 48.5 Å². The lowest BCUT2D eigenvalue weighted by Gasteiger charge is -2.39. The third-order valence-electron chi connectivity index (χ3n) is 4.51. The summed E-state index contributed by atoms with van der Waals surface area (Å²) in [4.78, 5) is 23.2. The van der Waals surface area contributed by atoms with Gasteiger partial charge in [-0.2, -0.15) is 0 Å². The Balaban J connectivity index is 1.69. The van der Waals surface area contributed by atoms with Crippen molar-refractivity contribution in [3.8, 4) is 11.5 Å². The van der Waals surface area contributed by atoms with Gasteiger partial charge in [-0.1, -0.05) is 18.2 Å². The first-order valence-corrected chi connectivity index (χ1v) is 8.92. The molecule has 0 spiro atoms. The minimum absolute atomic E-state index is 0.0714. The van der Waals surface area contributed by atoms with Crippen LogP contribution in [0, 0.1) is 0 Å². The van der Waals surface area contributed by atoms with Crippen LogP contribution in [0.3, 0.4) is 0 Å². The topological polar surface area (TPSA) is 163 Å². The van der Waals surface area contributed by atoms with Crippen LogP contribution in [0.4, 0.5) is 0 Å². The fourth-order valence-corrected chi connectivity index (χ4v) is 2.86. The van der Waals surface area contributed by atoms with Crippen LogP contribution < -0.4 is 4.74 Å². The highest BCUT2D eigenvalue weighted by Crippen LogP contribution is 2.28. The molecule has 0 saturated carbocycles. The number of benzene rings is 2. The molecule has 1 aliphatic rings. The van der Waals surface area contributed by atoms with Crippen molar-refractivity contribution in [2.75, 3.05) is 6.61 Å². The Morgan fingerprint density at radius 2 is 1.67 bits per heavy atom. The van der Waals surface area contributed by atoms with E-state index in [0.29, 0.717) is 0 Å². The number of esters is 1. The summed E-state index contributed by atoms with van der Waals surface area (Å²) < 4.78 is 15.9.